The van der Waals surface area contributed by atoms with Gasteiger partial charge < -0.3 is 25.0 Å². The van der Waals surface area contributed by atoms with Gasteiger partial charge in [0.2, 0.25) is 5.91 Å². The standard InChI is InChI=1S/C29H43N5O4/c1-3-4-14-33(15-6-5-12-30)27(35)20-34-19-23(21-7-9-25-22(18-21)11-17-38-25)28(29(36)37)24(34)8-10-26-31-13-16-32(26)2/h7,9,13,16,18,23-24,28H,3-6,8,10-12,14-15,17,19-20,30H2,1-2H3,(H,36,37)/t23-,24+,28?/m1/s1. The number of hydrogen-bond donors (Lipinski definition) is 2. The van der Waals surface area contributed by atoms with Crippen molar-refractivity contribution in [3.63, 3.8) is 0 Å². The van der Waals surface area contributed by atoms with Crippen LogP contribution in [-0.2, 0) is 29.5 Å². The molecule has 9 heteroatoms. The number of likely N-dealkylation sites (tertiary alicyclic amines) is 1. The summed E-state index contributed by atoms with van der Waals surface area (Å²) >= 11 is 0. The average Bonchev–Trinajstić information content (AvgIpc) is 3.62. The van der Waals surface area contributed by atoms with E-state index >= 15 is 0 Å². The second-order valence-electron chi connectivity index (χ2n) is 10.7. The molecule has 0 spiro atoms. The van der Waals surface area contributed by atoms with Crippen molar-refractivity contribution in [2.75, 3.05) is 39.3 Å². The Labute approximate surface area is 226 Å². The van der Waals surface area contributed by atoms with Gasteiger partial charge in [-0.2, -0.15) is 0 Å². The molecule has 1 aromatic carbocycles. The highest BCUT2D eigenvalue weighted by atomic mass is 16.5. The minimum Gasteiger partial charge on any atom is -0.493 e. The molecule has 0 saturated carbocycles. The van der Waals surface area contributed by atoms with Gasteiger partial charge in [0, 0.05) is 63.9 Å². The van der Waals surface area contributed by atoms with E-state index in [-0.39, 0.29) is 24.4 Å². The maximum absolute atomic E-state index is 13.6. The highest BCUT2D eigenvalue weighted by Crippen LogP contribution is 2.41. The summed E-state index contributed by atoms with van der Waals surface area (Å²) in [5, 5.41) is 10.5. The van der Waals surface area contributed by atoms with E-state index in [1.165, 1.54) is 0 Å². The van der Waals surface area contributed by atoms with E-state index in [0.717, 1.165) is 61.3 Å². The number of carbonyl (C=O) groups is 2. The maximum Gasteiger partial charge on any atom is 0.308 e. The van der Waals surface area contributed by atoms with Gasteiger partial charge in [-0.3, -0.25) is 14.5 Å². The third-order valence-electron chi connectivity index (χ3n) is 8.11. The van der Waals surface area contributed by atoms with Gasteiger partial charge in [-0.25, -0.2) is 4.98 Å². The summed E-state index contributed by atoms with van der Waals surface area (Å²) in [5.41, 5.74) is 7.84. The monoisotopic (exact) mass is 525 g/mol. The highest BCUT2D eigenvalue weighted by molar-refractivity contribution is 5.79. The van der Waals surface area contributed by atoms with Crippen LogP contribution in [0.1, 0.15) is 61.9 Å². The van der Waals surface area contributed by atoms with Crippen molar-refractivity contribution >= 4 is 11.9 Å². The molecule has 2 aromatic rings. The van der Waals surface area contributed by atoms with Crippen molar-refractivity contribution < 1.29 is 19.4 Å². The highest BCUT2D eigenvalue weighted by Gasteiger charge is 2.47. The molecular formula is C29H43N5O4. The summed E-state index contributed by atoms with van der Waals surface area (Å²) in [4.78, 5) is 34.9. The second-order valence-corrected chi connectivity index (χ2v) is 10.7. The Bertz CT molecular complexity index is 1090. The number of aromatic nitrogens is 2. The van der Waals surface area contributed by atoms with Crippen LogP contribution < -0.4 is 10.5 Å². The van der Waals surface area contributed by atoms with Gasteiger partial charge in [0.05, 0.1) is 19.1 Å². The number of aliphatic carboxylic acids is 1. The molecule has 4 rings (SSSR count). The van der Waals surface area contributed by atoms with Crippen LogP contribution in [0.2, 0.25) is 0 Å². The number of ether oxygens (including phenoxy) is 1. The van der Waals surface area contributed by atoms with Crippen LogP contribution in [0.3, 0.4) is 0 Å². The molecule has 3 N–H and O–H groups in total. The molecule has 0 radical (unpaired) electrons. The first-order valence-corrected chi connectivity index (χ1v) is 14.1. The lowest BCUT2D eigenvalue weighted by Crippen LogP contribution is -2.45. The lowest BCUT2D eigenvalue weighted by molar-refractivity contribution is -0.143. The van der Waals surface area contributed by atoms with Crippen LogP contribution in [0, 0.1) is 5.92 Å². The number of nitrogens with zero attached hydrogens (tertiary/aromatic N) is 4. The summed E-state index contributed by atoms with van der Waals surface area (Å²) in [6.45, 7) is 5.59. The van der Waals surface area contributed by atoms with Crippen LogP contribution in [0.5, 0.6) is 5.75 Å². The molecule has 0 aliphatic carbocycles. The number of hydrogen-bond acceptors (Lipinski definition) is 6. The Kier molecular flexibility index (Phi) is 9.80. The van der Waals surface area contributed by atoms with Gasteiger partial charge in [0.15, 0.2) is 0 Å². The Morgan fingerprint density at radius 1 is 1.24 bits per heavy atom. The molecule has 1 amide bonds. The van der Waals surface area contributed by atoms with Gasteiger partial charge in [-0.05, 0) is 49.4 Å². The number of unbranched alkanes of at least 4 members (excludes halogenated alkanes) is 2. The average molecular weight is 526 g/mol. The van der Waals surface area contributed by atoms with Gasteiger partial charge >= 0.3 is 5.97 Å². The number of benzene rings is 1. The number of aryl methyl sites for hydroxylation is 2. The van der Waals surface area contributed by atoms with Crippen molar-refractivity contribution in [3.8, 4) is 5.75 Å². The topological polar surface area (TPSA) is 114 Å². The van der Waals surface area contributed by atoms with Gasteiger partial charge in [0.25, 0.3) is 0 Å². The van der Waals surface area contributed by atoms with Crippen molar-refractivity contribution in [2.45, 2.75) is 63.8 Å². The number of carbonyl (C=O) groups excluding carboxylic acids is 1. The van der Waals surface area contributed by atoms with Gasteiger partial charge in [-0.15, -0.1) is 0 Å². The molecule has 9 nitrogen and oxygen atoms in total. The molecule has 1 unspecified atom stereocenters. The van der Waals surface area contributed by atoms with Gasteiger partial charge in [-0.1, -0.05) is 25.5 Å². The summed E-state index contributed by atoms with van der Waals surface area (Å²) in [6.07, 6.45) is 9.53. The lowest BCUT2D eigenvalue weighted by atomic mass is 9.83. The molecule has 2 aliphatic heterocycles. The van der Waals surface area contributed by atoms with Crippen molar-refractivity contribution in [1.82, 2.24) is 19.4 Å². The fourth-order valence-corrected chi connectivity index (χ4v) is 5.97. The van der Waals surface area contributed by atoms with E-state index in [4.69, 9.17) is 10.5 Å². The van der Waals surface area contributed by atoms with E-state index < -0.39 is 11.9 Å². The third-order valence-corrected chi connectivity index (χ3v) is 8.11. The van der Waals surface area contributed by atoms with E-state index in [0.29, 0.717) is 39.1 Å². The Morgan fingerprint density at radius 3 is 2.76 bits per heavy atom. The molecule has 3 atom stereocenters. The van der Waals surface area contributed by atoms with Crippen molar-refractivity contribution in [2.24, 2.45) is 18.7 Å². The van der Waals surface area contributed by atoms with Crippen LogP contribution >= 0.6 is 0 Å². The summed E-state index contributed by atoms with van der Waals surface area (Å²) < 4.78 is 7.66. The fraction of sp³-hybridized carbons (Fsp3) is 0.621. The molecule has 38 heavy (non-hydrogen) atoms. The first-order chi connectivity index (χ1) is 18.4. The molecule has 0 bridgehead atoms. The Hall–Kier alpha value is -2.91. The van der Waals surface area contributed by atoms with Crippen LogP contribution in [0.4, 0.5) is 0 Å². The fourth-order valence-electron chi connectivity index (χ4n) is 5.97. The van der Waals surface area contributed by atoms with Crippen LogP contribution in [0.15, 0.2) is 30.6 Å². The summed E-state index contributed by atoms with van der Waals surface area (Å²) in [6, 6.07) is 5.83. The zero-order valence-corrected chi connectivity index (χ0v) is 22.8. The minimum absolute atomic E-state index is 0.0737. The summed E-state index contributed by atoms with van der Waals surface area (Å²) in [7, 11) is 1.95. The van der Waals surface area contributed by atoms with Crippen LogP contribution in [-0.4, -0.2) is 81.7 Å². The van der Waals surface area contributed by atoms with E-state index in [2.05, 4.69) is 22.9 Å². The number of amides is 1. The molecule has 208 valence electrons. The summed E-state index contributed by atoms with van der Waals surface area (Å²) in [5.74, 6) is 0.275. The Balaban J connectivity index is 1.58. The first-order valence-electron chi connectivity index (χ1n) is 14.1. The van der Waals surface area contributed by atoms with E-state index in [1.807, 2.05) is 34.8 Å². The first kappa shape index (κ1) is 28.1. The Morgan fingerprint density at radius 2 is 2.05 bits per heavy atom. The predicted molar refractivity (Wildman–Crippen MR) is 146 cm³/mol. The minimum atomic E-state index is -0.808. The number of fused-ring (bicyclic) bond motifs is 1. The number of carboxylic acids is 1. The predicted octanol–water partition coefficient (Wildman–Crippen LogP) is 2.82. The normalized spacial score (nSPS) is 20.9. The number of imidazole rings is 1. The lowest BCUT2D eigenvalue weighted by Gasteiger charge is -2.29. The molecule has 1 saturated heterocycles. The number of rotatable bonds is 14. The molecule has 3 heterocycles. The largest absolute Gasteiger partial charge is 0.493 e. The van der Waals surface area contributed by atoms with Crippen molar-refractivity contribution in [1.29, 1.82) is 0 Å². The quantitative estimate of drug-likeness (QED) is 0.365. The molecule has 1 aromatic heterocycles. The number of nitrogens with two attached hydrogens (primary N) is 1. The maximum atomic E-state index is 13.6. The van der Waals surface area contributed by atoms with Gasteiger partial charge in [0.1, 0.15) is 11.6 Å². The number of carboxylic acid groups (broad SMARTS) is 1. The van der Waals surface area contributed by atoms with Crippen LogP contribution in [0.25, 0.3) is 0 Å². The second kappa shape index (κ2) is 13.2. The molecular weight excluding hydrogens is 482 g/mol. The zero-order chi connectivity index (χ0) is 27.1. The molecule has 2 aliphatic rings. The zero-order valence-electron chi connectivity index (χ0n) is 22.8. The third kappa shape index (κ3) is 6.56. The van der Waals surface area contributed by atoms with E-state index in [9.17, 15) is 14.7 Å². The van der Waals surface area contributed by atoms with Crippen molar-refractivity contribution in [3.05, 3.63) is 47.5 Å². The SMILES string of the molecule is CCCCN(CCCCN)C(=O)CN1C[C@H](c2ccc3c(c2)CCO3)C(C(=O)O)[C@@H]1CCc1nccn1C. The van der Waals surface area contributed by atoms with E-state index in [1.54, 1.807) is 6.20 Å². The molecule has 1 fully saturated rings. The smallest absolute Gasteiger partial charge is 0.308 e.